The van der Waals surface area contributed by atoms with Gasteiger partial charge in [-0.1, -0.05) is 29.4 Å². The minimum absolute atomic E-state index is 0.109. The number of ether oxygens (including phenoxy) is 2. The van der Waals surface area contributed by atoms with E-state index >= 15 is 0 Å². The molecular formula is C14H14N2O4. The average Bonchev–Trinajstić information content (AvgIpc) is 3.03. The molecule has 0 N–H and O–H groups in total. The fourth-order valence-electron chi connectivity index (χ4n) is 1.61. The van der Waals surface area contributed by atoms with Crippen LogP contribution in [-0.4, -0.2) is 29.8 Å². The summed E-state index contributed by atoms with van der Waals surface area (Å²) in [5, 5.41) is 5.62. The zero-order valence-corrected chi connectivity index (χ0v) is 11.2. The van der Waals surface area contributed by atoms with Gasteiger partial charge in [0.15, 0.2) is 6.33 Å². The lowest BCUT2D eigenvalue weighted by Gasteiger charge is -2.04. The Morgan fingerprint density at radius 2 is 2.05 bits per heavy atom. The standard InChI is InChI=1S/C9H8O.C5H6N2O3/c1-10-9-6-7-2-4-8(9)5-3-7;1-2-9-5(8)4-6-3-7-10-4/h2-6H,1H3;3H,2H2,1H3. The van der Waals surface area contributed by atoms with Gasteiger partial charge in [0.1, 0.15) is 5.75 Å². The number of carbonyl (C=O) groups is 1. The van der Waals surface area contributed by atoms with Crippen LogP contribution in [0.15, 0.2) is 41.2 Å². The van der Waals surface area contributed by atoms with Crippen molar-refractivity contribution in [1.29, 1.82) is 0 Å². The molecule has 1 aromatic heterocycles. The van der Waals surface area contributed by atoms with E-state index in [2.05, 4.69) is 43.7 Å². The Kier molecular flexibility index (Phi) is 4.49. The fourth-order valence-corrected chi connectivity index (χ4v) is 1.61. The minimum atomic E-state index is -0.583. The maximum Gasteiger partial charge on any atom is 0.397 e. The van der Waals surface area contributed by atoms with Crippen LogP contribution in [0.4, 0.5) is 0 Å². The van der Waals surface area contributed by atoms with Crippen LogP contribution >= 0.6 is 0 Å². The summed E-state index contributed by atoms with van der Waals surface area (Å²) in [5.41, 5.74) is 0. The van der Waals surface area contributed by atoms with Gasteiger partial charge in [-0.2, -0.15) is 4.98 Å². The number of rotatable bonds is 3. The van der Waals surface area contributed by atoms with Crippen LogP contribution in [0, 0.1) is 0 Å². The predicted molar refractivity (Wildman–Crippen MR) is 71.9 cm³/mol. The topological polar surface area (TPSA) is 74.5 Å². The van der Waals surface area contributed by atoms with Gasteiger partial charge in [-0.15, -0.1) is 0 Å². The molecule has 104 valence electrons. The molecule has 0 unspecified atom stereocenters. The van der Waals surface area contributed by atoms with E-state index in [9.17, 15) is 4.79 Å². The van der Waals surface area contributed by atoms with Gasteiger partial charge in [0, 0.05) is 5.39 Å². The Bertz CT molecular complexity index is 631. The molecule has 0 aliphatic rings. The Hall–Kier alpha value is -2.63. The van der Waals surface area contributed by atoms with Gasteiger partial charge in [-0.25, -0.2) is 4.79 Å². The fraction of sp³-hybridized carbons (Fsp3) is 0.214. The maximum absolute atomic E-state index is 10.7. The van der Waals surface area contributed by atoms with Crippen molar-refractivity contribution in [3.05, 3.63) is 42.5 Å². The van der Waals surface area contributed by atoms with Crippen molar-refractivity contribution < 1.29 is 18.8 Å². The maximum atomic E-state index is 10.7. The zero-order chi connectivity index (χ0) is 14.4. The van der Waals surface area contributed by atoms with Gasteiger partial charge in [-0.05, 0) is 18.4 Å². The number of benzene rings is 3. The molecule has 0 atom stereocenters. The molecule has 0 fully saturated rings. The van der Waals surface area contributed by atoms with E-state index in [1.54, 1.807) is 14.0 Å². The normalized spacial score (nSPS) is 9.90. The van der Waals surface area contributed by atoms with Gasteiger partial charge < -0.3 is 14.0 Å². The first-order chi connectivity index (χ1) is 9.74. The van der Waals surface area contributed by atoms with E-state index in [1.165, 1.54) is 5.39 Å². The number of fused-ring (bicyclic) bond motifs is 3. The zero-order valence-electron chi connectivity index (χ0n) is 11.2. The van der Waals surface area contributed by atoms with E-state index in [4.69, 9.17) is 4.74 Å². The summed E-state index contributed by atoms with van der Waals surface area (Å²) in [5.74, 6) is 0.279. The average molecular weight is 274 g/mol. The van der Waals surface area contributed by atoms with Crippen LogP contribution < -0.4 is 4.74 Å². The Balaban J connectivity index is 0.000000147. The molecule has 0 saturated heterocycles. The second kappa shape index (κ2) is 6.51. The molecule has 0 aliphatic heterocycles. The van der Waals surface area contributed by atoms with Crippen molar-refractivity contribution in [2.45, 2.75) is 6.92 Å². The highest BCUT2D eigenvalue weighted by atomic mass is 16.6. The monoisotopic (exact) mass is 274 g/mol. The van der Waals surface area contributed by atoms with E-state index in [1.807, 2.05) is 6.07 Å². The molecule has 2 bridgehead atoms. The highest BCUT2D eigenvalue weighted by molar-refractivity contribution is 5.83. The van der Waals surface area contributed by atoms with Crippen LogP contribution in [0.25, 0.3) is 10.8 Å². The minimum Gasteiger partial charge on any atom is -0.496 e. The summed E-state index contributed by atoms with van der Waals surface area (Å²) in [7, 11) is 1.70. The van der Waals surface area contributed by atoms with Gasteiger partial charge in [0.05, 0.1) is 13.7 Å². The van der Waals surface area contributed by atoms with Crippen molar-refractivity contribution >= 4 is 16.7 Å². The first kappa shape index (κ1) is 13.8. The Morgan fingerprint density at radius 3 is 2.45 bits per heavy atom. The summed E-state index contributed by atoms with van der Waals surface area (Å²) < 4.78 is 14.1. The number of aromatic nitrogens is 2. The number of esters is 1. The SMILES string of the molecule is CCOC(=O)c1ncno1.COc1cc2ccc1cc2. The van der Waals surface area contributed by atoms with Crippen molar-refractivity contribution in [1.82, 2.24) is 10.1 Å². The van der Waals surface area contributed by atoms with E-state index in [0.29, 0.717) is 6.61 Å². The van der Waals surface area contributed by atoms with Crippen LogP contribution in [0.1, 0.15) is 17.6 Å². The van der Waals surface area contributed by atoms with Crippen LogP contribution in [0.3, 0.4) is 0 Å². The number of hydrogen-bond donors (Lipinski definition) is 0. The molecule has 6 heteroatoms. The van der Waals surface area contributed by atoms with Crippen molar-refractivity contribution in [2.75, 3.05) is 13.7 Å². The molecule has 4 rings (SSSR count). The second-order valence-corrected chi connectivity index (χ2v) is 3.80. The van der Waals surface area contributed by atoms with Crippen LogP contribution in [-0.2, 0) is 4.74 Å². The van der Waals surface area contributed by atoms with Crippen LogP contribution in [0.2, 0.25) is 0 Å². The smallest absolute Gasteiger partial charge is 0.397 e. The molecule has 4 aromatic rings. The summed E-state index contributed by atoms with van der Waals surface area (Å²) in [6.45, 7) is 2.01. The third-order valence-electron chi connectivity index (χ3n) is 2.52. The summed E-state index contributed by atoms with van der Waals surface area (Å²) >= 11 is 0. The Labute approximate surface area is 115 Å². The van der Waals surface area contributed by atoms with Gasteiger partial charge in [0.25, 0.3) is 0 Å². The highest BCUT2D eigenvalue weighted by Gasteiger charge is 2.11. The molecule has 1 heterocycles. The molecule has 0 saturated carbocycles. The van der Waals surface area contributed by atoms with E-state index in [-0.39, 0.29) is 5.89 Å². The number of hydrogen-bond acceptors (Lipinski definition) is 6. The van der Waals surface area contributed by atoms with Crippen molar-refractivity contribution in [3.8, 4) is 5.75 Å². The van der Waals surface area contributed by atoms with E-state index < -0.39 is 5.97 Å². The third kappa shape index (κ3) is 3.23. The largest absolute Gasteiger partial charge is 0.496 e. The number of nitrogens with zero attached hydrogens (tertiary/aromatic N) is 2. The summed E-state index contributed by atoms with van der Waals surface area (Å²) in [6.07, 6.45) is 1.15. The lowest BCUT2D eigenvalue weighted by Crippen LogP contribution is -2.04. The van der Waals surface area contributed by atoms with Crippen molar-refractivity contribution in [2.24, 2.45) is 0 Å². The molecule has 20 heavy (non-hydrogen) atoms. The predicted octanol–water partition coefficient (Wildman–Crippen LogP) is 2.53. The molecule has 3 aromatic carbocycles. The molecule has 0 amide bonds. The van der Waals surface area contributed by atoms with Gasteiger partial charge >= 0.3 is 11.9 Å². The number of carbonyl (C=O) groups excluding carboxylic acids is 1. The lowest BCUT2D eigenvalue weighted by atomic mass is 10.1. The van der Waals surface area contributed by atoms with Crippen LogP contribution in [0.5, 0.6) is 5.75 Å². The number of methoxy groups -OCH3 is 1. The second-order valence-electron chi connectivity index (χ2n) is 3.80. The summed E-state index contributed by atoms with van der Waals surface area (Å²) in [6, 6.07) is 10.3. The molecule has 0 spiro atoms. The first-order valence-electron chi connectivity index (χ1n) is 6.04. The summed E-state index contributed by atoms with van der Waals surface area (Å²) in [4.78, 5) is 14.2. The van der Waals surface area contributed by atoms with Gasteiger partial charge in [-0.3, -0.25) is 0 Å². The third-order valence-corrected chi connectivity index (χ3v) is 2.52. The molecule has 6 nitrogen and oxygen atoms in total. The van der Waals surface area contributed by atoms with E-state index in [0.717, 1.165) is 17.5 Å². The lowest BCUT2D eigenvalue weighted by molar-refractivity contribution is 0.0470. The molecule has 0 radical (unpaired) electrons. The molecular weight excluding hydrogens is 260 g/mol. The van der Waals surface area contributed by atoms with Gasteiger partial charge in [0.2, 0.25) is 0 Å². The highest BCUT2D eigenvalue weighted by Crippen LogP contribution is 2.24. The quantitative estimate of drug-likeness (QED) is 0.683. The van der Waals surface area contributed by atoms with Crippen molar-refractivity contribution in [3.63, 3.8) is 0 Å². The molecule has 0 aliphatic carbocycles. The Morgan fingerprint density at radius 1 is 1.30 bits per heavy atom. The first-order valence-corrected chi connectivity index (χ1v) is 6.04.